The second-order valence-electron chi connectivity index (χ2n) is 4.37. The molecule has 1 N–H and O–H groups in total. The third kappa shape index (κ3) is 4.41. The van der Waals surface area contributed by atoms with Crippen LogP contribution in [0.2, 0.25) is 0 Å². The van der Waals surface area contributed by atoms with E-state index < -0.39 is 0 Å². The first-order valence-corrected chi connectivity index (χ1v) is 7.15. The minimum absolute atomic E-state index is 0.247. The van der Waals surface area contributed by atoms with Gasteiger partial charge in [0, 0.05) is 17.8 Å². The highest BCUT2D eigenvalue weighted by Crippen LogP contribution is 2.30. The number of carbonyl (C=O) groups is 1. The molecule has 0 fully saturated rings. The Morgan fingerprint density at radius 2 is 1.95 bits per heavy atom. The highest BCUT2D eigenvalue weighted by atomic mass is 16.5. The Balaban J connectivity index is 2.05. The van der Waals surface area contributed by atoms with E-state index in [0.29, 0.717) is 36.2 Å². The van der Waals surface area contributed by atoms with Crippen LogP contribution in [0, 0.1) is 0 Å². The fraction of sp³-hybridized carbons (Fsp3) is 0.235. The van der Waals surface area contributed by atoms with Crippen LogP contribution in [-0.2, 0) is 4.79 Å². The number of carbonyl (C=O) groups excluding carboxylic acids is 1. The van der Waals surface area contributed by atoms with Crippen molar-refractivity contribution in [2.45, 2.75) is 13.8 Å². The molecule has 0 spiro atoms. The molecule has 0 radical (unpaired) electrons. The summed E-state index contributed by atoms with van der Waals surface area (Å²) < 4.78 is 16.1. The minimum Gasteiger partial charge on any atom is -0.490 e. The molecule has 0 aliphatic heterocycles. The van der Waals surface area contributed by atoms with Gasteiger partial charge in [-0.25, -0.2) is 0 Å². The molecular weight excluding hydrogens is 282 g/mol. The second kappa shape index (κ2) is 7.93. The lowest BCUT2D eigenvalue weighted by Gasteiger charge is -2.12. The maximum absolute atomic E-state index is 11.9. The number of benzene rings is 1. The number of hydrogen-bond acceptors (Lipinski definition) is 4. The highest BCUT2D eigenvalue weighted by molar-refractivity contribution is 6.01. The molecule has 0 unspecified atom stereocenters. The van der Waals surface area contributed by atoms with Crippen LogP contribution in [0.25, 0.3) is 6.08 Å². The largest absolute Gasteiger partial charge is 0.490 e. The van der Waals surface area contributed by atoms with Crippen molar-refractivity contribution in [3.63, 3.8) is 0 Å². The van der Waals surface area contributed by atoms with Gasteiger partial charge in [-0.2, -0.15) is 0 Å². The third-order valence-electron chi connectivity index (χ3n) is 2.75. The average molecular weight is 301 g/mol. The summed E-state index contributed by atoms with van der Waals surface area (Å²) >= 11 is 0. The minimum atomic E-state index is -0.247. The summed E-state index contributed by atoms with van der Waals surface area (Å²) in [7, 11) is 0. The molecule has 22 heavy (non-hydrogen) atoms. The van der Waals surface area contributed by atoms with Gasteiger partial charge in [-0.15, -0.1) is 0 Å². The molecule has 0 aliphatic rings. The molecule has 1 aromatic carbocycles. The van der Waals surface area contributed by atoms with Crippen molar-refractivity contribution in [3.05, 3.63) is 48.4 Å². The van der Waals surface area contributed by atoms with Crippen molar-refractivity contribution >= 4 is 17.7 Å². The second-order valence-corrected chi connectivity index (χ2v) is 4.37. The molecule has 2 rings (SSSR count). The number of amides is 1. The molecule has 1 amide bonds. The predicted octanol–water partition coefficient (Wildman–Crippen LogP) is 3.73. The highest BCUT2D eigenvalue weighted by Gasteiger charge is 2.07. The lowest BCUT2D eigenvalue weighted by Crippen LogP contribution is -2.08. The fourth-order valence-corrected chi connectivity index (χ4v) is 1.86. The van der Waals surface area contributed by atoms with E-state index in [1.807, 2.05) is 13.8 Å². The van der Waals surface area contributed by atoms with Crippen molar-refractivity contribution in [1.82, 2.24) is 0 Å². The van der Waals surface area contributed by atoms with Crippen LogP contribution >= 0.6 is 0 Å². The zero-order valence-corrected chi connectivity index (χ0v) is 12.7. The molecule has 0 bridgehead atoms. The fourth-order valence-electron chi connectivity index (χ4n) is 1.86. The zero-order valence-electron chi connectivity index (χ0n) is 12.7. The lowest BCUT2D eigenvalue weighted by atomic mass is 10.2. The van der Waals surface area contributed by atoms with E-state index in [4.69, 9.17) is 13.9 Å². The summed E-state index contributed by atoms with van der Waals surface area (Å²) in [6, 6.07) is 8.83. The van der Waals surface area contributed by atoms with Gasteiger partial charge in [-0.05, 0) is 44.2 Å². The predicted molar refractivity (Wildman–Crippen MR) is 85.2 cm³/mol. The van der Waals surface area contributed by atoms with E-state index in [0.717, 1.165) is 0 Å². The quantitative estimate of drug-likeness (QED) is 0.792. The van der Waals surface area contributed by atoms with Gasteiger partial charge in [0.2, 0.25) is 5.91 Å². The molecule has 1 aromatic heterocycles. The van der Waals surface area contributed by atoms with Crippen LogP contribution in [0.5, 0.6) is 11.5 Å². The summed E-state index contributed by atoms with van der Waals surface area (Å²) in [5.41, 5.74) is 0.640. The molecule has 2 aromatic rings. The normalized spacial score (nSPS) is 10.6. The van der Waals surface area contributed by atoms with Gasteiger partial charge in [-0.3, -0.25) is 4.79 Å². The Labute approximate surface area is 129 Å². The van der Waals surface area contributed by atoms with Crippen LogP contribution in [0.15, 0.2) is 47.1 Å². The van der Waals surface area contributed by atoms with E-state index in [2.05, 4.69) is 5.32 Å². The van der Waals surface area contributed by atoms with Crippen molar-refractivity contribution in [2.24, 2.45) is 0 Å². The SMILES string of the molecule is CCOc1ccc(NC(=O)C=Cc2ccco2)cc1OCC. The van der Waals surface area contributed by atoms with Crippen molar-refractivity contribution in [1.29, 1.82) is 0 Å². The van der Waals surface area contributed by atoms with Crippen LogP contribution in [0.1, 0.15) is 19.6 Å². The molecule has 0 atom stereocenters. The van der Waals surface area contributed by atoms with Gasteiger partial charge in [0.1, 0.15) is 5.76 Å². The first-order valence-electron chi connectivity index (χ1n) is 7.15. The van der Waals surface area contributed by atoms with E-state index in [9.17, 15) is 4.79 Å². The summed E-state index contributed by atoms with van der Waals surface area (Å²) in [6.07, 6.45) is 4.57. The Kier molecular flexibility index (Phi) is 5.65. The number of hydrogen-bond donors (Lipinski definition) is 1. The van der Waals surface area contributed by atoms with E-state index in [-0.39, 0.29) is 5.91 Å². The van der Waals surface area contributed by atoms with Crippen LogP contribution in [-0.4, -0.2) is 19.1 Å². The summed E-state index contributed by atoms with van der Waals surface area (Å²) in [5, 5.41) is 2.77. The van der Waals surface area contributed by atoms with Gasteiger partial charge in [0.15, 0.2) is 11.5 Å². The van der Waals surface area contributed by atoms with E-state index >= 15 is 0 Å². The smallest absolute Gasteiger partial charge is 0.248 e. The molecule has 116 valence electrons. The molecule has 0 aliphatic carbocycles. The molecule has 5 heteroatoms. The number of nitrogens with one attached hydrogen (secondary N) is 1. The van der Waals surface area contributed by atoms with Crippen molar-refractivity contribution < 1.29 is 18.7 Å². The van der Waals surface area contributed by atoms with E-state index in [1.165, 1.54) is 6.08 Å². The maximum Gasteiger partial charge on any atom is 0.248 e. The van der Waals surface area contributed by atoms with Crippen LogP contribution in [0.3, 0.4) is 0 Å². The average Bonchev–Trinajstić information content (AvgIpc) is 3.02. The third-order valence-corrected chi connectivity index (χ3v) is 2.75. The number of anilines is 1. The molecule has 0 saturated carbocycles. The Morgan fingerprint density at radius 3 is 2.64 bits per heavy atom. The van der Waals surface area contributed by atoms with E-state index in [1.54, 1.807) is 42.7 Å². The number of furan rings is 1. The van der Waals surface area contributed by atoms with Crippen molar-refractivity contribution in [2.75, 3.05) is 18.5 Å². The zero-order chi connectivity index (χ0) is 15.8. The van der Waals surface area contributed by atoms with Gasteiger partial charge < -0.3 is 19.2 Å². The Morgan fingerprint density at radius 1 is 1.18 bits per heavy atom. The van der Waals surface area contributed by atoms with Gasteiger partial charge >= 0.3 is 0 Å². The topological polar surface area (TPSA) is 60.7 Å². The molecule has 5 nitrogen and oxygen atoms in total. The Bertz CT molecular complexity index is 632. The van der Waals surface area contributed by atoms with Crippen LogP contribution < -0.4 is 14.8 Å². The maximum atomic E-state index is 11.9. The number of ether oxygens (including phenoxy) is 2. The molecular formula is C17H19NO4. The first-order chi connectivity index (χ1) is 10.7. The van der Waals surface area contributed by atoms with Crippen molar-refractivity contribution in [3.8, 4) is 11.5 Å². The lowest BCUT2D eigenvalue weighted by molar-refractivity contribution is -0.111. The summed E-state index contributed by atoms with van der Waals surface area (Å²) in [6.45, 7) is 4.88. The Hall–Kier alpha value is -2.69. The first kappa shape index (κ1) is 15.7. The number of rotatable bonds is 7. The summed E-state index contributed by atoms with van der Waals surface area (Å²) in [4.78, 5) is 11.9. The standard InChI is InChI=1S/C17H19NO4/c1-3-20-15-9-7-13(12-16(15)21-4-2)18-17(19)10-8-14-6-5-11-22-14/h5-12H,3-4H2,1-2H3,(H,18,19). The summed E-state index contributed by atoms with van der Waals surface area (Å²) in [5.74, 6) is 1.64. The monoisotopic (exact) mass is 301 g/mol. The van der Waals surface area contributed by atoms with Gasteiger partial charge in [-0.1, -0.05) is 0 Å². The van der Waals surface area contributed by atoms with Gasteiger partial charge in [0.05, 0.1) is 19.5 Å². The van der Waals surface area contributed by atoms with Crippen LogP contribution in [0.4, 0.5) is 5.69 Å². The molecule has 1 heterocycles. The molecule has 0 saturated heterocycles. The van der Waals surface area contributed by atoms with Gasteiger partial charge in [0.25, 0.3) is 0 Å².